The molecule has 2 fully saturated rings. The fraction of sp³-hybridized carbons (Fsp3) is 0.818. The average Bonchev–Trinajstić information content (AvgIpc) is 2.98. The van der Waals surface area contributed by atoms with Crippen LogP contribution in [0.3, 0.4) is 0 Å². The van der Waals surface area contributed by atoms with Crippen LogP contribution in [0.25, 0.3) is 0 Å². The van der Waals surface area contributed by atoms with Crippen LogP contribution in [0.5, 0.6) is 0 Å². The maximum atomic E-state index is 10.3. The molecule has 0 aromatic carbocycles. The molecule has 2 heterocycles. The summed E-state index contributed by atoms with van der Waals surface area (Å²) in [5.74, 6) is 0. The second kappa shape index (κ2) is 2.96. The summed E-state index contributed by atoms with van der Waals surface area (Å²) in [7, 11) is 0. The fourth-order valence-electron chi connectivity index (χ4n) is 2.57. The highest BCUT2D eigenvalue weighted by atomic mass is 32.2. The first kappa shape index (κ1) is 9.61. The highest BCUT2D eigenvalue weighted by Crippen LogP contribution is 2.77. The first-order chi connectivity index (χ1) is 6.72. The van der Waals surface area contributed by atoms with Crippen molar-refractivity contribution >= 4 is 23.5 Å². The minimum Gasteiger partial charge on any atom is -0.374 e. The molecule has 1 N–H and O–H groups in total. The lowest BCUT2D eigenvalue weighted by atomic mass is 9.87. The van der Waals surface area contributed by atoms with Crippen molar-refractivity contribution in [3.05, 3.63) is 12.2 Å². The molecule has 1 nitrogen and oxygen atoms in total. The largest absolute Gasteiger partial charge is 0.374 e. The van der Waals surface area contributed by atoms with E-state index in [-0.39, 0.29) is 4.75 Å². The summed E-state index contributed by atoms with van der Waals surface area (Å²) in [4.78, 5) is -0.481. The van der Waals surface area contributed by atoms with Gasteiger partial charge in [0, 0.05) is 10.5 Å². The normalized spacial score (nSPS) is 52.4. The van der Waals surface area contributed by atoms with Crippen LogP contribution < -0.4 is 0 Å². The van der Waals surface area contributed by atoms with Gasteiger partial charge < -0.3 is 5.11 Å². The van der Waals surface area contributed by atoms with Crippen LogP contribution in [0.1, 0.15) is 32.6 Å². The van der Waals surface area contributed by atoms with E-state index in [0.29, 0.717) is 0 Å². The van der Waals surface area contributed by atoms with Gasteiger partial charge in [-0.05, 0) is 12.5 Å². The lowest BCUT2D eigenvalue weighted by molar-refractivity contribution is 0.176. The van der Waals surface area contributed by atoms with Crippen molar-refractivity contribution in [2.75, 3.05) is 0 Å². The van der Waals surface area contributed by atoms with Crippen LogP contribution in [0.4, 0.5) is 0 Å². The van der Waals surface area contributed by atoms with Crippen LogP contribution in [0.15, 0.2) is 12.2 Å². The van der Waals surface area contributed by atoms with E-state index in [1.54, 1.807) is 11.8 Å². The average molecular weight is 228 g/mol. The fourth-order valence-corrected chi connectivity index (χ4v) is 5.76. The first-order valence-corrected chi connectivity index (χ1v) is 7.25. The first-order valence-electron chi connectivity index (χ1n) is 5.49. The smallest absolute Gasteiger partial charge is 0.145 e. The Morgan fingerprint density at radius 3 is 3.07 bits per heavy atom. The Kier molecular flexibility index (Phi) is 2.03. The number of unbranched alkanes of at least 4 members (excludes halogenated alkanes) is 2. The van der Waals surface area contributed by atoms with Crippen molar-refractivity contribution in [2.24, 2.45) is 0 Å². The SMILES string of the molecule is CCCCCC12SC1(O)C=CC1SC12. The molecule has 0 aromatic rings. The Bertz CT molecular complexity index is 291. The van der Waals surface area contributed by atoms with Crippen LogP contribution in [0, 0.1) is 0 Å². The summed E-state index contributed by atoms with van der Waals surface area (Å²) in [5.41, 5.74) is 0. The molecule has 78 valence electrons. The quantitative estimate of drug-likeness (QED) is 0.454. The molecule has 14 heavy (non-hydrogen) atoms. The number of hydrogen-bond acceptors (Lipinski definition) is 3. The molecule has 0 bridgehead atoms. The van der Waals surface area contributed by atoms with Crippen molar-refractivity contribution in [1.29, 1.82) is 0 Å². The second-order valence-corrected chi connectivity index (χ2v) is 7.40. The molecule has 3 aliphatic rings. The molecule has 2 aliphatic heterocycles. The Labute approximate surface area is 93.7 Å². The van der Waals surface area contributed by atoms with Gasteiger partial charge in [0.15, 0.2) is 0 Å². The summed E-state index contributed by atoms with van der Waals surface area (Å²) < 4.78 is 0.215. The van der Waals surface area contributed by atoms with Crippen molar-refractivity contribution in [3.8, 4) is 0 Å². The van der Waals surface area contributed by atoms with E-state index >= 15 is 0 Å². The molecule has 0 spiro atoms. The van der Waals surface area contributed by atoms with E-state index in [0.717, 1.165) is 10.5 Å². The number of hydrogen-bond donors (Lipinski definition) is 1. The minimum atomic E-state index is -0.481. The third-order valence-corrected chi connectivity index (χ3v) is 6.86. The Morgan fingerprint density at radius 1 is 1.43 bits per heavy atom. The van der Waals surface area contributed by atoms with Gasteiger partial charge >= 0.3 is 0 Å². The second-order valence-electron chi connectivity index (χ2n) is 4.53. The van der Waals surface area contributed by atoms with Crippen LogP contribution >= 0.6 is 23.5 Å². The van der Waals surface area contributed by atoms with E-state index in [1.807, 2.05) is 17.8 Å². The third-order valence-electron chi connectivity index (χ3n) is 3.55. The summed E-state index contributed by atoms with van der Waals surface area (Å²) in [6.07, 6.45) is 9.32. The number of fused-ring (bicyclic) bond motifs is 3. The molecular weight excluding hydrogens is 212 g/mol. The summed E-state index contributed by atoms with van der Waals surface area (Å²) in [6.45, 7) is 2.24. The van der Waals surface area contributed by atoms with Crippen molar-refractivity contribution < 1.29 is 5.11 Å². The summed E-state index contributed by atoms with van der Waals surface area (Å²) in [5, 5.41) is 11.7. The van der Waals surface area contributed by atoms with E-state index in [1.165, 1.54) is 25.7 Å². The zero-order valence-corrected chi connectivity index (χ0v) is 10.0. The lowest BCUT2D eigenvalue weighted by Crippen LogP contribution is -2.33. The molecule has 0 saturated carbocycles. The van der Waals surface area contributed by atoms with Gasteiger partial charge in [-0.1, -0.05) is 32.3 Å². The van der Waals surface area contributed by atoms with Gasteiger partial charge in [-0.25, -0.2) is 0 Å². The molecule has 0 radical (unpaired) electrons. The molecule has 1 aliphatic carbocycles. The standard InChI is InChI=1S/C11H16OS2/c1-2-3-4-6-10-9-8(13-9)5-7-11(10,12)14-10/h5,7-9,12H,2-4,6H2,1H3. The van der Waals surface area contributed by atoms with E-state index in [4.69, 9.17) is 0 Å². The van der Waals surface area contributed by atoms with Gasteiger partial charge in [0.25, 0.3) is 0 Å². The molecule has 2 saturated heterocycles. The third kappa shape index (κ3) is 1.15. The molecule has 0 amide bonds. The van der Waals surface area contributed by atoms with Gasteiger partial charge in [0.2, 0.25) is 0 Å². The molecular formula is C11H16OS2. The van der Waals surface area contributed by atoms with Crippen molar-refractivity contribution in [1.82, 2.24) is 0 Å². The van der Waals surface area contributed by atoms with Crippen LogP contribution in [0.2, 0.25) is 0 Å². The van der Waals surface area contributed by atoms with Gasteiger partial charge in [-0.15, -0.1) is 23.5 Å². The summed E-state index contributed by atoms with van der Waals surface area (Å²) >= 11 is 3.83. The Hall–Kier alpha value is 0.400. The Morgan fingerprint density at radius 2 is 2.29 bits per heavy atom. The predicted molar refractivity (Wildman–Crippen MR) is 63.7 cm³/mol. The highest BCUT2D eigenvalue weighted by Gasteiger charge is 2.77. The minimum absolute atomic E-state index is 0.215. The van der Waals surface area contributed by atoms with Crippen LogP contribution in [-0.2, 0) is 0 Å². The van der Waals surface area contributed by atoms with E-state index < -0.39 is 4.93 Å². The van der Waals surface area contributed by atoms with Gasteiger partial charge in [0.1, 0.15) is 4.93 Å². The maximum absolute atomic E-state index is 10.3. The van der Waals surface area contributed by atoms with E-state index in [2.05, 4.69) is 13.0 Å². The zero-order chi connectivity index (χ0) is 9.81. The van der Waals surface area contributed by atoms with Gasteiger partial charge in [-0.3, -0.25) is 0 Å². The summed E-state index contributed by atoms with van der Waals surface area (Å²) in [6, 6.07) is 0. The molecule has 0 aromatic heterocycles. The zero-order valence-electron chi connectivity index (χ0n) is 8.40. The Balaban J connectivity index is 1.70. The number of aliphatic hydroxyl groups is 1. The maximum Gasteiger partial charge on any atom is 0.145 e. The van der Waals surface area contributed by atoms with Crippen LogP contribution in [-0.4, -0.2) is 25.3 Å². The van der Waals surface area contributed by atoms with Gasteiger partial charge in [-0.2, -0.15) is 0 Å². The monoisotopic (exact) mass is 228 g/mol. The molecule has 4 atom stereocenters. The highest BCUT2D eigenvalue weighted by molar-refractivity contribution is 8.14. The predicted octanol–water partition coefficient (Wildman–Crippen LogP) is 2.79. The number of rotatable bonds is 4. The van der Waals surface area contributed by atoms with Crippen molar-refractivity contribution in [3.63, 3.8) is 0 Å². The van der Waals surface area contributed by atoms with Crippen molar-refractivity contribution in [2.45, 2.75) is 52.8 Å². The molecule has 4 unspecified atom stereocenters. The lowest BCUT2D eigenvalue weighted by Gasteiger charge is -2.18. The molecule has 3 heteroatoms. The topological polar surface area (TPSA) is 20.2 Å². The molecule has 3 rings (SSSR count). The number of thioether (sulfide) groups is 2. The van der Waals surface area contributed by atoms with E-state index in [9.17, 15) is 5.11 Å². The van der Waals surface area contributed by atoms with Gasteiger partial charge in [0.05, 0.1) is 4.75 Å².